The van der Waals surface area contributed by atoms with E-state index in [4.69, 9.17) is 5.73 Å². The molecule has 0 fully saturated rings. The Bertz CT molecular complexity index is 1420. The van der Waals surface area contributed by atoms with Crippen molar-refractivity contribution in [2.24, 2.45) is 7.05 Å². The first-order valence-electron chi connectivity index (χ1n) is 8.51. The van der Waals surface area contributed by atoms with Crippen LogP contribution in [-0.2, 0) is 12.8 Å². The molecule has 0 unspecified atom stereocenters. The van der Waals surface area contributed by atoms with Crippen molar-refractivity contribution in [1.29, 1.82) is 0 Å². The van der Waals surface area contributed by atoms with Crippen molar-refractivity contribution < 1.29 is 14.5 Å². The number of aromatic carboxylic acids is 1. The summed E-state index contributed by atoms with van der Waals surface area (Å²) in [6.45, 7) is 0. The monoisotopic (exact) mass is 424 g/mol. The van der Waals surface area contributed by atoms with Crippen LogP contribution in [0.5, 0.6) is 0 Å². The van der Waals surface area contributed by atoms with Gasteiger partial charge in [-0.25, -0.2) is 14.4 Å². The molecule has 0 aliphatic rings. The molecule has 4 heterocycles. The predicted octanol–water partition coefficient (Wildman–Crippen LogP) is 1.05. The number of carboxylic acids is 1. The summed E-state index contributed by atoms with van der Waals surface area (Å²) < 4.78 is 7.67. The van der Waals surface area contributed by atoms with Crippen molar-refractivity contribution in [3.8, 4) is 5.82 Å². The fraction of sp³-hybridized carbons (Fsp3) is 0.125. The molecule has 0 saturated heterocycles. The van der Waals surface area contributed by atoms with Gasteiger partial charge in [-0.05, 0) is 16.4 Å². The van der Waals surface area contributed by atoms with E-state index in [-0.39, 0.29) is 28.8 Å². The molecule has 1 aromatic carbocycles. The van der Waals surface area contributed by atoms with Gasteiger partial charge in [0.1, 0.15) is 5.52 Å². The van der Waals surface area contributed by atoms with Crippen LogP contribution >= 0.6 is 11.8 Å². The van der Waals surface area contributed by atoms with Gasteiger partial charge in [0.25, 0.3) is 0 Å². The quantitative estimate of drug-likeness (QED) is 0.384. The number of benzene rings is 1. The Kier molecular flexibility index (Phi) is 4.06. The number of para-hydroxylation sites is 1. The molecule has 14 heteroatoms. The van der Waals surface area contributed by atoms with E-state index in [1.807, 2.05) is 35.9 Å². The highest BCUT2D eigenvalue weighted by atomic mass is 32.2. The highest BCUT2D eigenvalue weighted by molar-refractivity contribution is 7.98. The van der Waals surface area contributed by atoms with Crippen molar-refractivity contribution in [2.75, 3.05) is 5.73 Å². The van der Waals surface area contributed by atoms with Crippen molar-refractivity contribution >= 4 is 45.6 Å². The average Bonchev–Trinajstić information content (AvgIpc) is 3.43. The Morgan fingerprint density at radius 3 is 2.83 bits per heavy atom. The van der Waals surface area contributed by atoms with E-state index in [2.05, 4.69) is 40.4 Å². The second-order valence-corrected chi connectivity index (χ2v) is 7.15. The number of carboxylic acid groups (broad SMARTS) is 1. The van der Waals surface area contributed by atoms with E-state index < -0.39 is 5.97 Å². The molecule has 5 aromatic rings. The fourth-order valence-corrected chi connectivity index (χ4v) is 3.87. The van der Waals surface area contributed by atoms with Crippen LogP contribution in [0, 0.1) is 0 Å². The number of fused-ring (bicyclic) bond motifs is 3. The maximum atomic E-state index is 11.6. The van der Waals surface area contributed by atoms with Crippen molar-refractivity contribution in [1.82, 2.24) is 45.1 Å². The van der Waals surface area contributed by atoms with Gasteiger partial charge in [0.05, 0.1) is 11.2 Å². The van der Waals surface area contributed by atoms with Crippen LogP contribution in [0.4, 0.5) is 5.82 Å². The second-order valence-electron chi connectivity index (χ2n) is 6.21. The first-order valence-corrected chi connectivity index (χ1v) is 9.50. The maximum absolute atomic E-state index is 11.6. The van der Waals surface area contributed by atoms with Gasteiger partial charge in [-0.2, -0.15) is 4.68 Å². The van der Waals surface area contributed by atoms with E-state index in [0.717, 1.165) is 10.9 Å². The molecule has 13 nitrogen and oxygen atoms in total. The van der Waals surface area contributed by atoms with Gasteiger partial charge in [-0.3, -0.25) is 0 Å². The molecule has 0 radical (unpaired) electrons. The molecule has 4 aromatic heterocycles. The van der Waals surface area contributed by atoms with E-state index in [1.54, 1.807) is 0 Å². The molecule has 0 bridgehead atoms. The topological polar surface area (TPSA) is 177 Å². The van der Waals surface area contributed by atoms with Crippen LogP contribution in [0.2, 0.25) is 0 Å². The minimum absolute atomic E-state index is 0.0436. The van der Waals surface area contributed by atoms with Crippen molar-refractivity contribution in [3.05, 3.63) is 35.7 Å². The number of aryl methyl sites for hydroxylation is 1. The molecule has 150 valence electrons. The highest BCUT2D eigenvalue weighted by Gasteiger charge is 2.24. The first kappa shape index (κ1) is 18.0. The average molecular weight is 424 g/mol. The van der Waals surface area contributed by atoms with E-state index >= 15 is 0 Å². The molecular formula is C16H12N10O3S. The summed E-state index contributed by atoms with van der Waals surface area (Å²) in [5, 5.41) is 33.9. The Morgan fingerprint density at radius 2 is 2.07 bits per heavy atom. The van der Waals surface area contributed by atoms with E-state index in [0.29, 0.717) is 16.3 Å². The molecule has 0 amide bonds. The number of hydrogen-bond acceptors (Lipinski definition) is 11. The predicted molar refractivity (Wildman–Crippen MR) is 104 cm³/mol. The Hall–Kier alpha value is -4.07. The van der Waals surface area contributed by atoms with Crippen LogP contribution < -0.4 is 5.73 Å². The highest BCUT2D eigenvalue weighted by Crippen LogP contribution is 2.28. The largest absolute Gasteiger partial charge is 0.476 e. The normalized spacial score (nSPS) is 11.5. The number of hydrogen-bond donors (Lipinski definition) is 2. The molecule has 0 saturated carbocycles. The van der Waals surface area contributed by atoms with Crippen LogP contribution in [-0.4, -0.2) is 56.1 Å². The lowest BCUT2D eigenvalue weighted by molar-refractivity contribution is 0.0689. The third kappa shape index (κ3) is 2.73. The second kappa shape index (κ2) is 6.77. The minimum Gasteiger partial charge on any atom is -0.476 e. The van der Waals surface area contributed by atoms with E-state index in [9.17, 15) is 9.90 Å². The number of nitrogen functional groups attached to an aromatic ring is 1. The molecule has 30 heavy (non-hydrogen) atoms. The van der Waals surface area contributed by atoms with Gasteiger partial charge in [0.15, 0.2) is 11.3 Å². The molecule has 3 N–H and O–H groups in total. The number of anilines is 1. The first-order chi connectivity index (χ1) is 14.5. The summed E-state index contributed by atoms with van der Waals surface area (Å²) in [5.41, 5.74) is 8.04. The summed E-state index contributed by atoms with van der Waals surface area (Å²) in [4.78, 5) is 16.1. The number of aromatic nitrogens is 9. The van der Waals surface area contributed by atoms with Gasteiger partial charge in [0, 0.05) is 18.2 Å². The minimum atomic E-state index is -1.24. The van der Waals surface area contributed by atoms with Gasteiger partial charge in [-0.1, -0.05) is 35.2 Å². The molecule has 0 spiro atoms. The zero-order chi connectivity index (χ0) is 20.8. The molecule has 5 rings (SSSR count). The summed E-state index contributed by atoms with van der Waals surface area (Å²) in [5.74, 6) is -1.11. The van der Waals surface area contributed by atoms with Crippen molar-refractivity contribution in [3.63, 3.8) is 0 Å². The Balaban J connectivity index is 1.52. The molecule has 0 atom stereocenters. The zero-order valence-corrected chi connectivity index (χ0v) is 16.1. The third-order valence-corrected chi connectivity index (χ3v) is 5.34. The number of rotatable bonds is 5. The van der Waals surface area contributed by atoms with Gasteiger partial charge < -0.3 is 15.4 Å². The lowest BCUT2D eigenvalue weighted by atomic mass is 10.2. The maximum Gasteiger partial charge on any atom is 0.358 e. The molecular weight excluding hydrogens is 412 g/mol. The Morgan fingerprint density at radius 1 is 1.23 bits per heavy atom. The van der Waals surface area contributed by atoms with Gasteiger partial charge >= 0.3 is 5.97 Å². The lowest BCUT2D eigenvalue weighted by Gasteiger charge is -2.04. The summed E-state index contributed by atoms with van der Waals surface area (Å²) in [6.07, 6.45) is 0. The molecule has 0 aliphatic carbocycles. The Labute approximate surface area is 170 Å². The van der Waals surface area contributed by atoms with Gasteiger partial charge in [0.2, 0.25) is 16.8 Å². The number of nitrogens with two attached hydrogens (primary N) is 1. The molecule has 0 aliphatic heterocycles. The number of nitrogens with zero attached hydrogens (tertiary/aromatic N) is 9. The SMILES string of the molecule is Cn1c2ccccc2c2nnc(SCc3c(C(=O)O)nnn3-c3nonc3N)nc21. The fourth-order valence-electron chi connectivity index (χ4n) is 3.09. The lowest BCUT2D eigenvalue weighted by Crippen LogP contribution is -2.08. The van der Waals surface area contributed by atoms with Crippen LogP contribution in [0.1, 0.15) is 16.2 Å². The van der Waals surface area contributed by atoms with Crippen LogP contribution in [0.3, 0.4) is 0 Å². The summed E-state index contributed by atoms with van der Waals surface area (Å²) in [6, 6.07) is 7.81. The number of carbonyl (C=O) groups is 1. The number of thioether (sulfide) groups is 1. The van der Waals surface area contributed by atoms with Gasteiger partial charge in [-0.15, -0.1) is 15.3 Å². The van der Waals surface area contributed by atoms with Crippen LogP contribution in [0.25, 0.3) is 27.9 Å². The standard InChI is InChI=1S/C16H12N10O3S/c1-25-8-5-3-2-4-7(8)10-13(25)18-16(21-19-10)30-6-9-11(15(27)28)20-24-26(9)14-12(17)22-29-23-14/h2-5H,6H2,1H3,(H2,17,22)(H,27,28). The smallest absolute Gasteiger partial charge is 0.358 e. The summed E-state index contributed by atoms with van der Waals surface area (Å²) in [7, 11) is 1.90. The third-order valence-electron chi connectivity index (χ3n) is 4.49. The van der Waals surface area contributed by atoms with E-state index in [1.165, 1.54) is 16.4 Å². The summed E-state index contributed by atoms with van der Waals surface area (Å²) >= 11 is 1.18. The van der Waals surface area contributed by atoms with Crippen LogP contribution in [0.15, 0.2) is 34.1 Å². The van der Waals surface area contributed by atoms with Crippen molar-refractivity contribution in [2.45, 2.75) is 10.9 Å². The zero-order valence-electron chi connectivity index (χ0n) is 15.3.